The van der Waals surface area contributed by atoms with Gasteiger partial charge >= 0.3 is 5.97 Å². The van der Waals surface area contributed by atoms with Crippen LogP contribution >= 0.6 is 0 Å². The van der Waals surface area contributed by atoms with Crippen molar-refractivity contribution in [1.82, 2.24) is 14.9 Å². The highest BCUT2D eigenvalue weighted by molar-refractivity contribution is 6.04. The van der Waals surface area contributed by atoms with Crippen LogP contribution in [0.3, 0.4) is 0 Å². The number of carboxylic acids is 1. The molecule has 0 radical (unpaired) electrons. The summed E-state index contributed by atoms with van der Waals surface area (Å²) in [6, 6.07) is 14.9. The summed E-state index contributed by atoms with van der Waals surface area (Å²) in [5.41, 5.74) is 9.66. The molecule has 0 spiro atoms. The van der Waals surface area contributed by atoms with E-state index < -0.39 is 12.0 Å². The molecule has 0 bridgehead atoms. The number of amides is 1. The van der Waals surface area contributed by atoms with Crippen LogP contribution in [0.15, 0.2) is 60.9 Å². The first-order chi connectivity index (χ1) is 24.2. The van der Waals surface area contributed by atoms with Crippen LogP contribution in [0.5, 0.6) is 0 Å². The molecule has 7 rings (SSSR count). The molecule has 3 fully saturated rings. The summed E-state index contributed by atoms with van der Waals surface area (Å²) in [5.74, 6) is -0.465. The molecule has 2 saturated carbocycles. The lowest BCUT2D eigenvalue weighted by Crippen LogP contribution is -2.44. The number of hydrogen-bond donors (Lipinski definition) is 2. The number of carbonyl (C=O) groups excluding carboxylic acids is 3. The third-order valence-corrected chi connectivity index (χ3v) is 10.6. The number of nitrogens with one attached hydrogen (secondary N) is 1. The molecule has 0 unspecified atom stereocenters. The second kappa shape index (κ2) is 14.1. The Balaban J connectivity index is 1.09. The number of piperidine rings is 1. The molecule has 50 heavy (non-hydrogen) atoms. The van der Waals surface area contributed by atoms with Crippen LogP contribution in [0.4, 0.5) is 5.69 Å². The van der Waals surface area contributed by atoms with Gasteiger partial charge in [-0.25, -0.2) is 0 Å². The van der Waals surface area contributed by atoms with E-state index in [9.17, 15) is 24.3 Å². The molecule has 2 aromatic carbocycles. The number of likely N-dealkylation sites (tertiary alicyclic amines) is 1. The van der Waals surface area contributed by atoms with Crippen molar-refractivity contribution in [3.63, 3.8) is 0 Å². The minimum Gasteiger partial charge on any atom is -0.480 e. The van der Waals surface area contributed by atoms with E-state index >= 15 is 0 Å². The lowest BCUT2D eigenvalue weighted by Gasteiger charge is -2.33. The van der Waals surface area contributed by atoms with Gasteiger partial charge in [0.05, 0.1) is 0 Å². The number of pyridine rings is 2. The normalized spacial score (nSPS) is 17.7. The average Bonchev–Trinajstić information content (AvgIpc) is 4.05. The molecule has 1 aliphatic heterocycles. The van der Waals surface area contributed by atoms with E-state index in [2.05, 4.69) is 15.3 Å². The number of nitrogens with zero attached hydrogens (tertiary/aromatic N) is 3. The number of carbonyl (C=O) groups is 4. The fourth-order valence-electron chi connectivity index (χ4n) is 7.37. The van der Waals surface area contributed by atoms with Crippen LogP contribution in [-0.4, -0.2) is 56.5 Å². The zero-order chi connectivity index (χ0) is 34.9. The summed E-state index contributed by atoms with van der Waals surface area (Å²) in [6.07, 6.45) is 11.0. The Morgan fingerprint density at radius 2 is 1.52 bits per heavy atom. The minimum absolute atomic E-state index is 0.0588. The van der Waals surface area contributed by atoms with Crippen molar-refractivity contribution in [2.75, 3.05) is 11.9 Å². The number of carboxylic acid groups (broad SMARTS) is 1. The molecular formula is C41H42N4O5. The number of benzene rings is 2. The Labute approximate surface area is 292 Å². The highest BCUT2D eigenvalue weighted by atomic mass is 16.4. The number of aliphatic carboxylic acids is 1. The largest absolute Gasteiger partial charge is 0.480 e. The molecule has 1 atom stereocenters. The maximum atomic E-state index is 13.7. The molecule has 2 aromatic heterocycles. The van der Waals surface area contributed by atoms with E-state index in [-0.39, 0.29) is 23.8 Å². The van der Waals surface area contributed by atoms with Gasteiger partial charge in [0, 0.05) is 36.6 Å². The summed E-state index contributed by atoms with van der Waals surface area (Å²) in [5, 5.41) is 12.8. The zero-order valence-corrected chi connectivity index (χ0v) is 28.6. The second-order valence-electron chi connectivity index (χ2n) is 14.1. The maximum absolute atomic E-state index is 13.7. The highest BCUT2D eigenvalue weighted by Gasteiger charge is 2.32. The summed E-state index contributed by atoms with van der Waals surface area (Å²) in [6.45, 7) is 5.27. The van der Waals surface area contributed by atoms with Gasteiger partial charge in [-0.05, 0) is 133 Å². The third-order valence-electron chi connectivity index (χ3n) is 10.6. The van der Waals surface area contributed by atoms with E-state index in [4.69, 9.17) is 0 Å². The summed E-state index contributed by atoms with van der Waals surface area (Å²) >= 11 is 0. The number of aromatic nitrogens is 2. The van der Waals surface area contributed by atoms with E-state index in [1.807, 2.05) is 61.2 Å². The Kier molecular flexibility index (Phi) is 9.42. The fraction of sp³-hybridized carbons (Fsp3) is 0.366. The molecule has 1 saturated heterocycles. The first-order valence-electron chi connectivity index (χ1n) is 17.7. The van der Waals surface area contributed by atoms with E-state index in [1.165, 1.54) is 6.20 Å². The highest BCUT2D eigenvalue weighted by Crippen LogP contribution is 2.43. The van der Waals surface area contributed by atoms with Crippen molar-refractivity contribution in [3.05, 3.63) is 111 Å². The second-order valence-corrected chi connectivity index (χ2v) is 14.1. The lowest BCUT2D eigenvalue weighted by molar-refractivity contribution is -0.144. The van der Waals surface area contributed by atoms with Gasteiger partial charge in [-0.3, -0.25) is 34.0 Å². The summed E-state index contributed by atoms with van der Waals surface area (Å²) < 4.78 is 0. The average molecular weight is 671 g/mol. The van der Waals surface area contributed by atoms with Crippen LogP contribution in [-0.2, 0) is 17.8 Å². The Morgan fingerprint density at radius 1 is 0.840 bits per heavy atom. The van der Waals surface area contributed by atoms with Crippen molar-refractivity contribution >= 4 is 29.6 Å². The molecule has 2 aliphatic carbocycles. The Morgan fingerprint density at radius 3 is 2.24 bits per heavy atom. The number of aldehydes is 1. The van der Waals surface area contributed by atoms with Gasteiger partial charge in [0.15, 0.2) is 12.1 Å². The van der Waals surface area contributed by atoms with E-state index in [1.54, 1.807) is 12.3 Å². The van der Waals surface area contributed by atoms with Crippen LogP contribution in [0.1, 0.15) is 121 Å². The number of hydrogen-bond acceptors (Lipinski definition) is 7. The molecule has 3 aliphatic rings. The molecule has 1 amide bonds. The number of anilines is 1. The molecule has 256 valence electrons. The first-order valence-corrected chi connectivity index (χ1v) is 17.7. The molecular weight excluding hydrogens is 628 g/mol. The van der Waals surface area contributed by atoms with Crippen LogP contribution in [0, 0.1) is 13.8 Å². The van der Waals surface area contributed by atoms with Crippen LogP contribution in [0.25, 0.3) is 11.1 Å². The monoisotopic (exact) mass is 670 g/mol. The molecule has 2 N–H and O–H groups in total. The van der Waals surface area contributed by atoms with Gasteiger partial charge in [0.2, 0.25) is 0 Å². The summed E-state index contributed by atoms with van der Waals surface area (Å²) in [7, 11) is 0. The van der Waals surface area contributed by atoms with Gasteiger partial charge in [-0.2, -0.15) is 0 Å². The Bertz CT molecular complexity index is 2000. The molecule has 9 heteroatoms. The topological polar surface area (TPSA) is 130 Å². The van der Waals surface area contributed by atoms with Gasteiger partial charge in [-0.15, -0.1) is 0 Å². The van der Waals surface area contributed by atoms with Crippen LogP contribution in [0.2, 0.25) is 0 Å². The van der Waals surface area contributed by atoms with Gasteiger partial charge in [-0.1, -0.05) is 36.8 Å². The van der Waals surface area contributed by atoms with E-state index in [0.29, 0.717) is 41.7 Å². The van der Waals surface area contributed by atoms with Gasteiger partial charge in [0.1, 0.15) is 17.4 Å². The smallest absolute Gasteiger partial charge is 0.320 e. The molecule has 9 nitrogen and oxygen atoms in total. The lowest BCUT2D eigenvalue weighted by atomic mass is 9.90. The van der Waals surface area contributed by atoms with Crippen molar-refractivity contribution in [1.29, 1.82) is 0 Å². The van der Waals surface area contributed by atoms with Gasteiger partial charge < -0.3 is 10.4 Å². The van der Waals surface area contributed by atoms with Crippen molar-refractivity contribution in [2.24, 2.45) is 0 Å². The summed E-state index contributed by atoms with van der Waals surface area (Å²) in [4.78, 5) is 61.3. The standard InChI is InChI=1S/C41H42N4O5/c1-24-28(17-39(47)36-18-33(26-12-13-26)29(20-42-36)22-45-16-4-3-11-38(45)41(49)50)7-5-8-31(24)32-9-6-10-35(25(32)2)44-40(48)37-19-34(27-14-15-27)30(23-46)21-43-37/h5-10,18-21,23,26-27,38H,3-4,11-17,22H2,1-2H3,(H,44,48)(H,49,50)/t38-/m0/s1. The number of ketones is 1. The van der Waals surface area contributed by atoms with E-state index in [0.717, 1.165) is 95.9 Å². The first kappa shape index (κ1) is 33.5. The SMILES string of the molecule is Cc1c(CC(=O)c2cc(C3CC3)c(CN3CCCC[C@H]3C(=O)O)cn2)cccc1-c1cccc(NC(=O)c2cc(C3CC3)c(C=O)cn2)c1C. The quantitative estimate of drug-likeness (QED) is 0.118. The van der Waals surface area contributed by atoms with Crippen LogP contribution < -0.4 is 5.32 Å². The zero-order valence-electron chi connectivity index (χ0n) is 28.6. The fourth-order valence-corrected chi connectivity index (χ4v) is 7.37. The molecule has 3 heterocycles. The number of rotatable bonds is 12. The van der Waals surface area contributed by atoms with Crippen molar-refractivity contribution < 1.29 is 24.3 Å². The van der Waals surface area contributed by atoms with Gasteiger partial charge in [0.25, 0.3) is 5.91 Å². The van der Waals surface area contributed by atoms with Crippen molar-refractivity contribution in [3.8, 4) is 11.1 Å². The predicted octanol–water partition coefficient (Wildman–Crippen LogP) is 7.44. The van der Waals surface area contributed by atoms with Crippen molar-refractivity contribution in [2.45, 2.75) is 89.6 Å². The number of Topliss-reactive ketones (excluding diaryl/α,β-unsaturated/α-hetero) is 1. The molecule has 4 aromatic rings. The predicted molar refractivity (Wildman–Crippen MR) is 191 cm³/mol. The maximum Gasteiger partial charge on any atom is 0.320 e. The minimum atomic E-state index is -0.775. The Hall–Kier alpha value is -5.02. The third kappa shape index (κ3) is 7.01.